The van der Waals surface area contributed by atoms with E-state index in [4.69, 9.17) is 0 Å². The summed E-state index contributed by atoms with van der Waals surface area (Å²) < 4.78 is 2.04. The van der Waals surface area contributed by atoms with Gasteiger partial charge in [-0.15, -0.1) is 0 Å². The largest absolute Gasteiger partial charge is 0.394 e. The zero-order valence-electron chi connectivity index (χ0n) is 9.82. The number of rotatable bonds is 6. The van der Waals surface area contributed by atoms with Gasteiger partial charge >= 0.3 is 0 Å². The predicted octanol–water partition coefficient (Wildman–Crippen LogP) is 1.87. The maximum absolute atomic E-state index is 9.44. The Morgan fingerprint density at radius 3 is 2.53 bits per heavy atom. The second-order valence-electron chi connectivity index (χ2n) is 3.81. The highest BCUT2D eigenvalue weighted by atomic mass is 16.3. The lowest BCUT2D eigenvalue weighted by molar-refractivity contribution is 0.201. The Labute approximate surface area is 91.3 Å². The number of nitrogens with one attached hydrogen (secondary N) is 1. The van der Waals surface area contributed by atoms with Crippen molar-refractivity contribution in [3.63, 3.8) is 0 Å². The lowest BCUT2D eigenvalue weighted by atomic mass is 9.94. The average molecular weight is 211 g/mol. The Balaban J connectivity index is 2.82. The summed E-state index contributed by atoms with van der Waals surface area (Å²) in [5.41, 5.74) is -0.238. The maximum atomic E-state index is 9.44. The Hall–Kier alpha value is -1.03. The molecule has 1 rings (SSSR count). The third-order valence-electron chi connectivity index (χ3n) is 3.09. The van der Waals surface area contributed by atoms with Crippen molar-refractivity contribution in [2.75, 3.05) is 11.9 Å². The molecule has 2 N–H and O–H groups in total. The SMILES string of the molecule is CCn1ccnc1NC(CC)(CC)CO. The van der Waals surface area contributed by atoms with Crippen LogP contribution in [-0.2, 0) is 6.54 Å². The number of imidazole rings is 1. The molecular weight excluding hydrogens is 190 g/mol. The van der Waals surface area contributed by atoms with Gasteiger partial charge in [0.2, 0.25) is 5.95 Å². The van der Waals surface area contributed by atoms with Crippen LogP contribution in [0.15, 0.2) is 12.4 Å². The summed E-state index contributed by atoms with van der Waals surface area (Å²) in [6.07, 6.45) is 5.49. The molecule has 0 aliphatic rings. The number of anilines is 1. The van der Waals surface area contributed by atoms with Crippen molar-refractivity contribution in [2.45, 2.75) is 45.7 Å². The average Bonchev–Trinajstić information content (AvgIpc) is 2.73. The quantitative estimate of drug-likeness (QED) is 0.755. The normalized spacial score (nSPS) is 11.7. The molecular formula is C11H21N3O. The fourth-order valence-electron chi connectivity index (χ4n) is 1.62. The van der Waals surface area contributed by atoms with Crippen LogP contribution >= 0.6 is 0 Å². The first-order valence-electron chi connectivity index (χ1n) is 5.61. The van der Waals surface area contributed by atoms with Crippen LogP contribution in [0.2, 0.25) is 0 Å². The van der Waals surface area contributed by atoms with E-state index in [-0.39, 0.29) is 12.1 Å². The van der Waals surface area contributed by atoms with Gasteiger partial charge in [-0.05, 0) is 19.8 Å². The lowest BCUT2D eigenvalue weighted by Gasteiger charge is -2.31. The molecule has 0 aromatic carbocycles. The van der Waals surface area contributed by atoms with Crippen LogP contribution < -0.4 is 5.32 Å². The zero-order chi connectivity index (χ0) is 11.3. The fourth-order valence-corrected chi connectivity index (χ4v) is 1.62. The zero-order valence-corrected chi connectivity index (χ0v) is 9.82. The minimum atomic E-state index is -0.238. The van der Waals surface area contributed by atoms with Gasteiger partial charge in [0.15, 0.2) is 0 Å². The van der Waals surface area contributed by atoms with Gasteiger partial charge in [0, 0.05) is 18.9 Å². The first-order chi connectivity index (χ1) is 7.21. The number of aromatic nitrogens is 2. The van der Waals surface area contributed by atoms with Gasteiger partial charge in [0.25, 0.3) is 0 Å². The molecule has 1 heterocycles. The first-order valence-corrected chi connectivity index (χ1v) is 5.61. The van der Waals surface area contributed by atoms with Crippen molar-refractivity contribution in [1.29, 1.82) is 0 Å². The van der Waals surface area contributed by atoms with Crippen molar-refractivity contribution in [1.82, 2.24) is 9.55 Å². The summed E-state index contributed by atoms with van der Waals surface area (Å²) in [7, 11) is 0. The number of hydrogen-bond acceptors (Lipinski definition) is 3. The molecule has 15 heavy (non-hydrogen) atoms. The van der Waals surface area contributed by atoms with Crippen LogP contribution in [0.3, 0.4) is 0 Å². The molecule has 0 saturated carbocycles. The van der Waals surface area contributed by atoms with Crippen LogP contribution in [0, 0.1) is 0 Å². The summed E-state index contributed by atoms with van der Waals surface area (Å²) in [4.78, 5) is 4.26. The van der Waals surface area contributed by atoms with Crippen molar-refractivity contribution in [3.8, 4) is 0 Å². The van der Waals surface area contributed by atoms with Gasteiger partial charge in [-0.1, -0.05) is 13.8 Å². The molecule has 0 saturated heterocycles. The number of aliphatic hydroxyl groups is 1. The Kier molecular flexibility index (Phi) is 4.15. The summed E-state index contributed by atoms with van der Waals surface area (Å²) in [6, 6.07) is 0. The smallest absolute Gasteiger partial charge is 0.203 e. The van der Waals surface area contributed by atoms with Gasteiger partial charge in [-0.3, -0.25) is 0 Å². The molecule has 0 amide bonds. The van der Waals surface area contributed by atoms with Gasteiger partial charge in [0.1, 0.15) is 0 Å². The number of aryl methyl sites for hydroxylation is 1. The minimum Gasteiger partial charge on any atom is -0.394 e. The van der Waals surface area contributed by atoms with E-state index in [1.807, 2.05) is 10.8 Å². The third-order valence-corrected chi connectivity index (χ3v) is 3.09. The minimum absolute atomic E-state index is 0.135. The van der Waals surface area contributed by atoms with Crippen LogP contribution in [0.4, 0.5) is 5.95 Å². The maximum Gasteiger partial charge on any atom is 0.203 e. The van der Waals surface area contributed by atoms with Gasteiger partial charge < -0.3 is 15.0 Å². The van der Waals surface area contributed by atoms with Crippen LogP contribution in [0.1, 0.15) is 33.6 Å². The Morgan fingerprint density at radius 2 is 2.07 bits per heavy atom. The molecule has 0 atom stereocenters. The molecule has 0 bridgehead atoms. The second-order valence-corrected chi connectivity index (χ2v) is 3.81. The topological polar surface area (TPSA) is 50.1 Å². The monoisotopic (exact) mass is 211 g/mol. The Morgan fingerprint density at radius 1 is 1.40 bits per heavy atom. The van der Waals surface area contributed by atoms with E-state index in [2.05, 4.69) is 31.1 Å². The molecule has 1 aromatic heterocycles. The number of hydrogen-bond donors (Lipinski definition) is 2. The van der Waals surface area contributed by atoms with Crippen molar-refractivity contribution in [2.24, 2.45) is 0 Å². The molecule has 0 fully saturated rings. The van der Waals surface area contributed by atoms with E-state index in [9.17, 15) is 5.11 Å². The highest BCUT2D eigenvalue weighted by Gasteiger charge is 2.26. The predicted molar refractivity (Wildman–Crippen MR) is 61.9 cm³/mol. The number of aliphatic hydroxyl groups excluding tert-OH is 1. The second kappa shape index (κ2) is 5.16. The van der Waals surface area contributed by atoms with Crippen molar-refractivity contribution >= 4 is 5.95 Å². The van der Waals surface area contributed by atoms with Crippen molar-refractivity contribution < 1.29 is 5.11 Å². The molecule has 0 aliphatic heterocycles. The van der Waals surface area contributed by atoms with E-state index < -0.39 is 0 Å². The molecule has 0 spiro atoms. The summed E-state index contributed by atoms with van der Waals surface area (Å²) in [5.74, 6) is 0.843. The molecule has 4 heteroatoms. The molecule has 0 unspecified atom stereocenters. The van der Waals surface area contributed by atoms with E-state index in [0.29, 0.717) is 0 Å². The molecule has 1 aromatic rings. The van der Waals surface area contributed by atoms with E-state index >= 15 is 0 Å². The number of nitrogens with zero attached hydrogens (tertiary/aromatic N) is 2. The third kappa shape index (κ3) is 2.50. The first kappa shape index (κ1) is 12.0. The highest BCUT2D eigenvalue weighted by molar-refractivity contribution is 5.30. The summed E-state index contributed by atoms with van der Waals surface area (Å²) in [5, 5.41) is 12.8. The van der Waals surface area contributed by atoms with E-state index in [1.165, 1.54) is 0 Å². The van der Waals surface area contributed by atoms with E-state index in [1.54, 1.807) is 6.20 Å². The van der Waals surface area contributed by atoms with Gasteiger partial charge in [-0.25, -0.2) is 4.98 Å². The molecule has 0 aliphatic carbocycles. The van der Waals surface area contributed by atoms with Crippen LogP contribution in [-0.4, -0.2) is 26.8 Å². The van der Waals surface area contributed by atoms with Gasteiger partial charge in [0.05, 0.1) is 12.1 Å². The van der Waals surface area contributed by atoms with Crippen molar-refractivity contribution in [3.05, 3.63) is 12.4 Å². The fraction of sp³-hybridized carbons (Fsp3) is 0.727. The molecule has 86 valence electrons. The lowest BCUT2D eigenvalue weighted by Crippen LogP contribution is -2.41. The van der Waals surface area contributed by atoms with Crippen LogP contribution in [0.25, 0.3) is 0 Å². The van der Waals surface area contributed by atoms with Crippen LogP contribution in [0.5, 0.6) is 0 Å². The summed E-state index contributed by atoms with van der Waals surface area (Å²) >= 11 is 0. The standard InChI is InChI=1S/C11H21N3O/c1-4-11(5-2,9-15)13-10-12-7-8-14(10)6-3/h7-8,15H,4-6,9H2,1-3H3,(H,12,13). The van der Waals surface area contributed by atoms with Gasteiger partial charge in [-0.2, -0.15) is 0 Å². The highest BCUT2D eigenvalue weighted by Crippen LogP contribution is 2.20. The molecule has 4 nitrogen and oxygen atoms in total. The summed E-state index contributed by atoms with van der Waals surface area (Å²) in [6.45, 7) is 7.25. The molecule has 0 radical (unpaired) electrons. The van der Waals surface area contributed by atoms with E-state index in [0.717, 1.165) is 25.3 Å². The Bertz CT molecular complexity index is 284.